The van der Waals surface area contributed by atoms with Crippen LogP contribution in [0.1, 0.15) is 11.1 Å². The number of amides is 1. The molecule has 1 aliphatic heterocycles. The molecule has 0 bridgehead atoms. The van der Waals surface area contributed by atoms with E-state index in [4.69, 9.17) is 0 Å². The average Bonchev–Trinajstić information content (AvgIpc) is 2.80. The van der Waals surface area contributed by atoms with Crippen molar-refractivity contribution < 1.29 is 26.4 Å². The fraction of sp³-hybridized carbons (Fsp3) is 0.188. The highest BCUT2D eigenvalue weighted by Crippen LogP contribution is 2.32. The number of likely N-dealkylation sites (N-methyl/N-ethyl adjacent to an activating group) is 1. The summed E-state index contributed by atoms with van der Waals surface area (Å²) in [7, 11) is -2.41. The molecule has 1 N–H and O–H groups in total. The first-order chi connectivity index (χ1) is 11.6. The van der Waals surface area contributed by atoms with Crippen molar-refractivity contribution >= 4 is 27.3 Å². The smallest absolute Gasteiger partial charge is 0.315 e. The number of sulfonamides is 1. The molecule has 2 aromatic carbocycles. The highest BCUT2D eigenvalue weighted by Gasteiger charge is 2.31. The second-order valence-corrected chi connectivity index (χ2v) is 7.28. The summed E-state index contributed by atoms with van der Waals surface area (Å²) in [5, 5.41) is 0. The number of carbonyl (C=O) groups excluding carboxylic acids is 1. The predicted octanol–water partition coefficient (Wildman–Crippen LogP) is 3.03. The molecule has 0 radical (unpaired) electrons. The number of nitrogens with one attached hydrogen (secondary N) is 1. The van der Waals surface area contributed by atoms with Gasteiger partial charge >= 0.3 is 6.18 Å². The quantitative estimate of drug-likeness (QED) is 0.903. The van der Waals surface area contributed by atoms with Crippen molar-refractivity contribution in [2.24, 2.45) is 0 Å². The highest BCUT2D eigenvalue weighted by molar-refractivity contribution is 7.92. The Morgan fingerprint density at radius 2 is 1.72 bits per heavy atom. The summed E-state index contributed by atoms with van der Waals surface area (Å²) in [6, 6.07) is 7.88. The summed E-state index contributed by atoms with van der Waals surface area (Å²) in [6.07, 6.45) is -4.37. The van der Waals surface area contributed by atoms with E-state index in [-0.39, 0.29) is 22.9 Å². The first-order valence-corrected chi connectivity index (χ1v) is 8.66. The molecule has 1 amide bonds. The first kappa shape index (κ1) is 17.3. The Bertz CT molecular complexity index is 938. The maximum absolute atomic E-state index is 12.6. The van der Waals surface area contributed by atoms with Crippen LogP contribution in [0.15, 0.2) is 47.4 Å². The van der Waals surface area contributed by atoms with Crippen LogP contribution in [0.4, 0.5) is 24.5 Å². The maximum atomic E-state index is 12.6. The van der Waals surface area contributed by atoms with Crippen molar-refractivity contribution in [3.8, 4) is 0 Å². The molecule has 25 heavy (non-hydrogen) atoms. The second kappa shape index (κ2) is 5.76. The van der Waals surface area contributed by atoms with Crippen molar-refractivity contribution in [3.05, 3.63) is 53.6 Å². The summed E-state index contributed by atoms with van der Waals surface area (Å²) in [5.41, 5.74) is 0.690. The molecule has 132 valence electrons. The van der Waals surface area contributed by atoms with Gasteiger partial charge in [-0.1, -0.05) is 0 Å². The average molecular weight is 370 g/mol. The number of alkyl halides is 3. The lowest BCUT2D eigenvalue weighted by Gasteiger charge is -2.12. The van der Waals surface area contributed by atoms with Gasteiger partial charge in [-0.05, 0) is 48.0 Å². The lowest BCUT2D eigenvalue weighted by Crippen LogP contribution is -2.20. The van der Waals surface area contributed by atoms with E-state index in [9.17, 15) is 26.4 Å². The molecule has 0 saturated carbocycles. The Hall–Kier alpha value is -2.55. The van der Waals surface area contributed by atoms with Gasteiger partial charge in [-0.3, -0.25) is 9.52 Å². The number of carbonyl (C=O) groups is 1. The number of hydrogen-bond donors (Lipinski definition) is 1. The van der Waals surface area contributed by atoms with Crippen LogP contribution in [0.2, 0.25) is 0 Å². The Labute approximate surface area is 142 Å². The van der Waals surface area contributed by atoms with Crippen molar-refractivity contribution in [1.82, 2.24) is 0 Å². The SMILES string of the molecule is CN1C(=O)Cc2cc(NS(=O)(=O)c3ccc(C(F)(F)F)cc3)ccc21. The number of hydrogen-bond acceptors (Lipinski definition) is 3. The van der Waals surface area contributed by atoms with E-state index < -0.39 is 21.8 Å². The molecule has 0 spiro atoms. The van der Waals surface area contributed by atoms with Gasteiger partial charge in [-0.2, -0.15) is 13.2 Å². The third kappa shape index (κ3) is 3.32. The molecular formula is C16H13F3N2O3S. The molecule has 0 atom stereocenters. The third-order valence-corrected chi connectivity index (χ3v) is 5.30. The van der Waals surface area contributed by atoms with Gasteiger partial charge in [0.1, 0.15) is 0 Å². The van der Waals surface area contributed by atoms with Crippen molar-refractivity contribution in [2.45, 2.75) is 17.5 Å². The fourth-order valence-electron chi connectivity index (χ4n) is 2.57. The van der Waals surface area contributed by atoms with E-state index in [0.29, 0.717) is 23.4 Å². The van der Waals surface area contributed by atoms with Crippen LogP contribution >= 0.6 is 0 Å². The minimum Gasteiger partial charge on any atom is -0.315 e. The van der Waals surface area contributed by atoms with Crippen LogP contribution in [-0.2, 0) is 27.4 Å². The maximum Gasteiger partial charge on any atom is 0.416 e. The van der Waals surface area contributed by atoms with Gasteiger partial charge in [0.15, 0.2) is 0 Å². The number of fused-ring (bicyclic) bond motifs is 1. The van der Waals surface area contributed by atoms with Gasteiger partial charge in [0.2, 0.25) is 5.91 Å². The van der Waals surface area contributed by atoms with Crippen LogP contribution < -0.4 is 9.62 Å². The Morgan fingerprint density at radius 1 is 1.08 bits per heavy atom. The van der Waals surface area contributed by atoms with Crippen molar-refractivity contribution in [2.75, 3.05) is 16.7 Å². The number of anilines is 2. The molecular weight excluding hydrogens is 357 g/mol. The van der Waals surface area contributed by atoms with Gasteiger partial charge in [-0.15, -0.1) is 0 Å². The van der Waals surface area contributed by atoms with Crippen molar-refractivity contribution in [1.29, 1.82) is 0 Å². The summed E-state index contributed by atoms with van der Waals surface area (Å²) < 4.78 is 64.6. The van der Waals surface area contributed by atoms with Crippen LogP contribution in [0, 0.1) is 0 Å². The Kier molecular flexibility index (Phi) is 3.98. The van der Waals surface area contributed by atoms with E-state index in [2.05, 4.69) is 4.72 Å². The molecule has 1 heterocycles. The monoisotopic (exact) mass is 370 g/mol. The minimum absolute atomic E-state index is 0.0993. The van der Waals surface area contributed by atoms with E-state index in [0.717, 1.165) is 12.1 Å². The van der Waals surface area contributed by atoms with Gasteiger partial charge in [0.25, 0.3) is 10.0 Å². The minimum atomic E-state index is -4.53. The third-order valence-electron chi connectivity index (χ3n) is 3.90. The van der Waals surface area contributed by atoms with Crippen LogP contribution in [0.3, 0.4) is 0 Å². The first-order valence-electron chi connectivity index (χ1n) is 7.17. The zero-order valence-corrected chi connectivity index (χ0v) is 13.8. The number of halogens is 3. The van der Waals surface area contributed by atoms with Crippen LogP contribution in [0.25, 0.3) is 0 Å². The van der Waals surface area contributed by atoms with E-state index in [1.807, 2.05) is 0 Å². The molecule has 0 aromatic heterocycles. The summed E-state index contributed by atoms with van der Waals surface area (Å²) in [5.74, 6) is -0.0993. The fourth-order valence-corrected chi connectivity index (χ4v) is 3.62. The Balaban J connectivity index is 1.85. The lowest BCUT2D eigenvalue weighted by atomic mass is 10.1. The topological polar surface area (TPSA) is 66.5 Å². The summed E-state index contributed by atoms with van der Waals surface area (Å²) in [6.45, 7) is 0. The summed E-state index contributed by atoms with van der Waals surface area (Å²) >= 11 is 0. The molecule has 0 fully saturated rings. The summed E-state index contributed by atoms with van der Waals surface area (Å²) in [4.78, 5) is 12.8. The van der Waals surface area contributed by atoms with Crippen LogP contribution in [0.5, 0.6) is 0 Å². The molecule has 3 rings (SSSR count). The van der Waals surface area contributed by atoms with Crippen molar-refractivity contribution in [3.63, 3.8) is 0 Å². The highest BCUT2D eigenvalue weighted by atomic mass is 32.2. The molecule has 9 heteroatoms. The molecule has 0 saturated heterocycles. The second-order valence-electron chi connectivity index (χ2n) is 5.60. The Morgan fingerprint density at radius 3 is 2.32 bits per heavy atom. The number of benzene rings is 2. The van der Waals surface area contributed by atoms with Gasteiger partial charge in [0.05, 0.1) is 16.9 Å². The van der Waals surface area contributed by atoms with E-state index >= 15 is 0 Å². The van der Waals surface area contributed by atoms with Crippen LogP contribution in [-0.4, -0.2) is 21.4 Å². The van der Waals surface area contributed by atoms with Gasteiger partial charge in [0, 0.05) is 18.4 Å². The molecule has 0 aliphatic carbocycles. The number of nitrogens with zero attached hydrogens (tertiary/aromatic N) is 1. The number of rotatable bonds is 3. The molecule has 0 unspecified atom stereocenters. The van der Waals surface area contributed by atoms with E-state index in [1.54, 1.807) is 19.2 Å². The van der Waals surface area contributed by atoms with Gasteiger partial charge in [-0.25, -0.2) is 8.42 Å². The molecule has 2 aromatic rings. The zero-order valence-electron chi connectivity index (χ0n) is 13.0. The predicted molar refractivity (Wildman–Crippen MR) is 85.8 cm³/mol. The molecule has 1 aliphatic rings. The standard InChI is InChI=1S/C16H13F3N2O3S/c1-21-14-7-4-12(8-10(14)9-15(21)22)20-25(23,24)13-5-2-11(3-6-13)16(17,18)19/h2-8,20H,9H2,1H3. The zero-order chi connectivity index (χ0) is 18.4. The van der Waals surface area contributed by atoms with Gasteiger partial charge < -0.3 is 4.90 Å². The van der Waals surface area contributed by atoms with E-state index in [1.165, 1.54) is 11.0 Å². The largest absolute Gasteiger partial charge is 0.416 e. The molecule has 5 nitrogen and oxygen atoms in total. The normalized spacial score (nSPS) is 14.6. The lowest BCUT2D eigenvalue weighted by molar-refractivity contribution is -0.137.